The standard InChI is InChI=1S/C21H31N3O4/c1-16-6-12-28-19(16)21(26)22-8-4-18(5-9-22)24-7-2-3-17(15-24)20(25)23-10-13-27-14-11-23/h6,12,17-18H,2-5,7-11,13-15H2,1H3. The van der Waals surface area contributed by atoms with Crippen LogP contribution in [0.15, 0.2) is 16.7 Å². The lowest BCUT2D eigenvalue weighted by Crippen LogP contribution is -2.53. The van der Waals surface area contributed by atoms with Gasteiger partial charge < -0.3 is 19.0 Å². The van der Waals surface area contributed by atoms with E-state index >= 15 is 0 Å². The number of carbonyl (C=O) groups excluding carboxylic acids is 2. The summed E-state index contributed by atoms with van der Waals surface area (Å²) in [6.45, 7) is 8.08. The molecule has 1 unspecified atom stereocenters. The van der Waals surface area contributed by atoms with Gasteiger partial charge in [-0.2, -0.15) is 0 Å². The minimum atomic E-state index is -0.0000316. The second-order valence-electron chi connectivity index (χ2n) is 8.23. The van der Waals surface area contributed by atoms with Gasteiger partial charge in [-0.15, -0.1) is 0 Å². The van der Waals surface area contributed by atoms with Gasteiger partial charge in [0.05, 0.1) is 25.4 Å². The molecule has 0 aromatic carbocycles. The largest absolute Gasteiger partial charge is 0.459 e. The van der Waals surface area contributed by atoms with Gasteiger partial charge in [0, 0.05) is 44.3 Å². The highest BCUT2D eigenvalue weighted by Gasteiger charge is 2.35. The summed E-state index contributed by atoms with van der Waals surface area (Å²) in [4.78, 5) is 31.9. The molecule has 1 atom stereocenters. The van der Waals surface area contributed by atoms with Crippen LogP contribution in [0.5, 0.6) is 0 Å². The fraction of sp³-hybridized carbons (Fsp3) is 0.714. The molecule has 0 spiro atoms. The first-order chi connectivity index (χ1) is 13.6. The van der Waals surface area contributed by atoms with Crippen molar-refractivity contribution in [2.75, 3.05) is 52.5 Å². The van der Waals surface area contributed by atoms with Crippen LogP contribution in [-0.4, -0.2) is 85.0 Å². The van der Waals surface area contributed by atoms with E-state index < -0.39 is 0 Å². The predicted molar refractivity (Wildman–Crippen MR) is 104 cm³/mol. The summed E-state index contributed by atoms with van der Waals surface area (Å²) in [5.41, 5.74) is 0.896. The second kappa shape index (κ2) is 8.66. The number of nitrogens with zero attached hydrogens (tertiary/aromatic N) is 3. The normalized spacial score (nSPS) is 25.1. The van der Waals surface area contributed by atoms with Gasteiger partial charge in [-0.3, -0.25) is 14.5 Å². The Morgan fingerprint density at radius 2 is 1.75 bits per heavy atom. The van der Waals surface area contributed by atoms with Crippen LogP contribution in [0, 0.1) is 12.8 Å². The summed E-state index contributed by atoms with van der Waals surface area (Å²) in [6, 6.07) is 2.29. The molecule has 3 aliphatic rings. The van der Waals surface area contributed by atoms with Gasteiger partial charge in [0.15, 0.2) is 5.76 Å². The molecule has 154 valence electrons. The Hall–Kier alpha value is -1.86. The molecule has 0 bridgehead atoms. The van der Waals surface area contributed by atoms with E-state index in [-0.39, 0.29) is 11.8 Å². The number of aryl methyl sites for hydroxylation is 1. The van der Waals surface area contributed by atoms with E-state index in [2.05, 4.69) is 4.90 Å². The lowest BCUT2D eigenvalue weighted by Gasteiger charge is -2.42. The topological polar surface area (TPSA) is 66.2 Å². The van der Waals surface area contributed by atoms with E-state index in [0.717, 1.165) is 70.5 Å². The molecule has 0 radical (unpaired) electrons. The number of piperidine rings is 2. The maximum atomic E-state index is 12.9. The number of amides is 2. The van der Waals surface area contributed by atoms with E-state index in [4.69, 9.17) is 9.15 Å². The zero-order chi connectivity index (χ0) is 19.5. The number of rotatable bonds is 3. The third-order valence-electron chi connectivity index (χ3n) is 6.45. The number of morpholine rings is 1. The molecule has 4 rings (SSSR count). The van der Waals surface area contributed by atoms with Crippen molar-refractivity contribution >= 4 is 11.8 Å². The lowest BCUT2D eigenvalue weighted by atomic mass is 9.92. The van der Waals surface area contributed by atoms with Crippen LogP contribution in [0.1, 0.15) is 41.8 Å². The third kappa shape index (κ3) is 4.10. The molecule has 4 heterocycles. The predicted octanol–water partition coefficient (Wildman–Crippen LogP) is 1.76. The minimum Gasteiger partial charge on any atom is -0.459 e. The van der Waals surface area contributed by atoms with Gasteiger partial charge in [-0.25, -0.2) is 0 Å². The first-order valence-corrected chi connectivity index (χ1v) is 10.6. The van der Waals surface area contributed by atoms with Crippen LogP contribution in [-0.2, 0) is 9.53 Å². The van der Waals surface area contributed by atoms with Gasteiger partial charge in [-0.05, 0) is 45.2 Å². The lowest BCUT2D eigenvalue weighted by molar-refractivity contribution is -0.141. The molecule has 0 aliphatic carbocycles. The summed E-state index contributed by atoms with van der Waals surface area (Å²) in [6.07, 6.45) is 5.57. The third-order valence-corrected chi connectivity index (χ3v) is 6.45. The van der Waals surface area contributed by atoms with Gasteiger partial charge in [0.2, 0.25) is 5.91 Å². The Balaban J connectivity index is 1.30. The quantitative estimate of drug-likeness (QED) is 0.788. The Morgan fingerprint density at radius 3 is 2.43 bits per heavy atom. The molecule has 3 saturated heterocycles. The number of hydrogen-bond donors (Lipinski definition) is 0. The number of hydrogen-bond acceptors (Lipinski definition) is 5. The Labute approximate surface area is 166 Å². The van der Waals surface area contributed by atoms with Crippen LogP contribution in [0.2, 0.25) is 0 Å². The highest BCUT2D eigenvalue weighted by Crippen LogP contribution is 2.26. The van der Waals surface area contributed by atoms with Crippen LogP contribution >= 0.6 is 0 Å². The number of carbonyl (C=O) groups is 2. The van der Waals surface area contributed by atoms with Crippen molar-refractivity contribution in [3.05, 3.63) is 23.7 Å². The number of furan rings is 1. The fourth-order valence-corrected chi connectivity index (χ4v) is 4.75. The van der Waals surface area contributed by atoms with Gasteiger partial charge >= 0.3 is 0 Å². The van der Waals surface area contributed by atoms with Gasteiger partial charge in [0.25, 0.3) is 5.91 Å². The summed E-state index contributed by atoms with van der Waals surface area (Å²) in [5, 5.41) is 0. The zero-order valence-corrected chi connectivity index (χ0v) is 16.8. The molecule has 7 nitrogen and oxygen atoms in total. The molecule has 0 saturated carbocycles. The Kier molecular flexibility index (Phi) is 6.01. The van der Waals surface area contributed by atoms with E-state index in [0.29, 0.717) is 30.9 Å². The molecule has 7 heteroatoms. The molecular formula is C21H31N3O4. The van der Waals surface area contributed by atoms with E-state index in [1.165, 1.54) is 0 Å². The first kappa shape index (κ1) is 19.5. The van der Waals surface area contributed by atoms with Crippen molar-refractivity contribution < 1.29 is 18.7 Å². The second-order valence-corrected chi connectivity index (χ2v) is 8.23. The van der Waals surface area contributed by atoms with Crippen molar-refractivity contribution in [3.8, 4) is 0 Å². The maximum Gasteiger partial charge on any atom is 0.289 e. The van der Waals surface area contributed by atoms with E-state index in [1.54, 1.807) is 6.26 Å². The average Bonchev–Trinajstić information content (AvgIpc) is 3.19. The van der Waals surface area contributed by atoms with Crippen LogP contribution < -0.4 is 0 Å². The summed E-state index contributed by atoms with van der Waals surface area (Å²) in [7, 11) is 0. The summed E-state index contributed by atoms with van der Waals surface area (Å²) >= 11 is 0. The van der Waals surface area contributed by atoms with Crippen LogP contribution in [0.25, 0.3) is 0 Å². The number of ether oxygens (including phenoxy) is 1. The molecule has 3 fully saturated rings. The van der Waals surface area contributed by atoms with Crippen molar-refractivity contribution in [2.45, 2.75) is 38.6 Å². The smallest absolute Gasteiger partial charge is 0.289 e. The van der Waals surface area contributed by atoms with Crippen molar-refractivity contribution in [3.63, 3.8) is 0 Å². The van der Waals surface area contributed by atoms with E-state index in [1.807, 2.05) is 22.8 Å². The zero-order valence-electron chi connectivity index (χ0n) is 16.8. The summed E-state index contributed by atoms with van der Waals surface area (Å²) < 4.78 is 10.7. The highest BCUT2D eigenvalue weighted by atomic mass is 16.5. The van der Waals surface area contributed by atoms with Gasteiger partial charge in [0.1, 0.15) is 0 Å². The van der Waals surface area contributed by atoms with Crippen LogP contribution in [0.4, 0.5) is 0 Å². The molecule has 1 aromatic heterocycles. The molecule has 0 N–H and O–H groups in total. The molecule has 1 aromatic rings. The average molecular weight is 389 g/mol. The molecular weight excluding hydrogens is 358 g/mol. The van der Waals surface area contributed by atoms with E-state index in [9.17, 15) is 9.59 Å². The number of likely N-dealkylation sites (tertiary alicyclic amines) is 2. The van der Waals surface area contributed by atoms with Crippen molar-refractivity contribution in [1.82, 2.24) is 14.7 Å². The molecule has 3 aliphatic heterocycles. The Morgan fingerprint density at radius 1 is 1.00 bits per heavy atom. The Bertz CT molecular complexity index is 690. The SMILES string of the molecule is Cc1ccoc1C(=O)N1CCC(N2CCCC(C(=O)N3CCOCC3)C2)CC1. The maximum absolute atomic E-state index is 12.9. The molecule has 2 amide bonds. The minimum absolute atomic E-state index is 0.0000316. The van der Waals surface area contributed by atoms with Crippen molar-refractivity contribution in [1.29, 1.82) is 0 Å². The fourth-order valence-electron chi connectivity index (χ4n) is 4.75. The molecule has 28 heavy (non-hydrogen) atoms. The van der Waals surface area contributed by atoms with Gasteiger partial charge in [-0.1, -0.05) is 0 Å². The first-order valence-electron chi connectivity index (χ1n) is 10.6. The monoisotopic (exact) mass is 389 g/mol. The summed E-state index contributed by atoms with van der Waals surface area (Å²) in [5.74, 6) is 0.874. The van der Waals surface area contributed by atoms with Crippen molar-refractivity contribution in [2.24, 2.45) is 5.92 Å². The highest BCUT2D eigenvalue weighted by molar-refractivity contribution is 5.92. The van der Waals surface area contributed by atoms with Crippen LogP contribution in [0.3, 0.4) is 0 Å².